The average Bonchev–Trinajstić information content (AvgIpc) is 3.52. The normalized spacial score (nSPS) is 28.1. The zero-order valence-electron chi connectivity index (χ0n) is 24.8. The lowest BCUT2D eigenvalue weighted by Crippen LogP contribution is -2.62. The van der Waals surface area contributed by atoms with Crippen molar-refractivity contribution in [3.8, 4) is 11.5 Å². The third kappa shape index (κ3) is 2.24. The van der Waals surface area contributed by atoms with Crippen molar-refractivity contribution < 1.29 is 32.8 Å². The summed E-state index contributed by atoms with van der Waals surface area (Å²) in [5, 5.41) is 0.0526. The number of hydrogen-bond donors (Lipinski definition) is 1. The summed E-state index contributed by atoms with van der Waals surface area (Å²) >= 11 is 0. The second-order valence-electron chi connectivity index (χ2n) is 6.97. The third-order valence-corrected chi connectivity index (χ3v) is 5.44. The van der Waals surface area contributed by atoms with E-state index in [1.54, 1.807) is 0 Å². The number of carbonyl (C=O) groups is 2. The fraction of sp³-hybridized carbons (Fsp3) is 0.273. The Morgan fingerprint density at radius 1 is 1.17 bits per heavy atom. The van der Waals surface area contributed by atoms with Gasteiger partial charge in [0.1, 0.15) is 6.04 Å². The van der Waals surface area contributed by atoms with Crippen LogP contribution in [0.25, 0.3) is 10.9 Å². The van der Waals surface area contributed by atoms with Crippen LogP contribution in [0.15, 0.2) is 42.3 Å². The average molecular weight is 399 g/mol. The van der Waals surface area contributed by atoms with Gasteiger partial charge >= 0.3 is 0 Å². The molecule has 2 atom stereocenters. The van der Waals surface area contributed by atoms with Gasteiger partial charge in [-0.2, -0.15) is 0 Å². The van der Waals surface area contributed by atoms with Gasteiger partial charge in [-0.1, -0.05) is 24.2 Å². The molecule has 7 nitrogen and oxygen atoms in total. The summed E-state index contributed by atoms with van der Waals surface area (Å²) in [6.07, 6.45) is -0.274. The van der Waals surface area contributed by atoms with Gasteiger partial charge in [0.15, 0.2) is 11.5 Å². The number of aromatic nitrogens is 1. The Bertz CT molecular complexity index is 1640. The molecule has 0 radical (unpaired) electrons. The summed E-state index contributed by atoms with van der Waals surface area (Å²) in [6.45, 7) is -4.01. The predicted molar refractivity (Wildman–Crippen MR) is 105 cm³/mol. The van der Waals surface area contributed by atoms with Gasteiger partial charge in [-0.15, -0.1) is 0 Å². The van der Waals surface area contributed by atoms with E-state index in [0.29, 0.717) is 4.90 Å². The smallest absolute Gasteiger partial charge is 0.245 e. The molecule has 2 amide bonds. The zero-order valence-corrected chi connectivity index (χ0v) is 14.8. The predicted octanol–water partition coefficient (Wildman–Crippen LogP) is 2.21. The van der Waals surface area contributed by atoms with E-state index in [9.17, 15) is 9.59 Å². The Balaban J connectivity index is 1.70. The number of hydrogen-bond acceptors (Lipinski definition) is 4. The van der Waals surface area contributed by atoms with Gasteiger partial charge < -0.3 is 24.3 Å². The standard InChI is InChI=1S/C22H19N3O4/c1-24-10-19(26)25-16(22(24)27)9-14-13-4-2-3-5-15(13)23-20(14)21(25)12-6-7-17-18(8-12)29-11-28-17/h2-8,16,21,23H,9-11H2,1H3/t16-,21?/m1/s1/i1D3,2D,3D,4D,5D,6D,7D,8D. The SMILES string of the molecule is [2H]c1c([2H])c(C2c3[nH]c4c([2H])c([2H])c([2H])c([2H])c4c3C[C@@H]3C(=O)N(C([2H])([2H])[2H])CC(=O)N23)c([2H])c2c1OCO2. The highest BCUT2D eigenvalue weighted by atomic mass is 16.7. The van der Waals surface area contributed by atoms with Crippen molar-refractivity contribution in [3.63, 3.8) is 0 Å². The lowest BCUT2D eigenvalue weighted by Gasteiger charge is -2.46. The fourth-order valence-corrected chi connectivity index (χ4v) is 4.19. The number of fused-ring (bicyclic) bond motifs is 5. The van der Waals surface area contributed by atoms with Crippen LogP contribution in [0.3, 0.4) is 0 Å². The molecule has 0 bridgehead atoms. The first-order valence-electron chi connectivity index (χ1n) is 13.9. The Labute approximate surface area is 180 Å². The van der Waals surface area contributed by atoms with Crippen molar-refractivity contribution >= 4 is 22.7 Å². The number of ether oxygens (including phenoxy) is 2. The first-order chi connectivity index (χ1) is 18.3. The van der Waals surface area contributed by atoms with Crippen molar-refractivity contribution in [2.75, 3.05) is 20.3 Å². The largest absolute Gasteiger partial charge is 0.454 e. The van der Waals surface area contributed by atoms with Gasteiger partial charge in [0, 0.05) is 34.1 Å². The van der Waals surface area contributed by atoms with Gasteiger partial charge in [-0.05, 0) is 29.3 Å². The number of piperazine rings is 1. The lowest BCUT2D eigenvalue weighted by atomic mass is 9.86. The molecule has 4 heterocycles. The first kappa shape index (κ1) is 9.35. The summed E-state index contributed by atoms with van der Waals surface area (Å²) < 4.78 is 93.0. The molecule has 146 valence electrons. The molecule has 3 aromatic rings. The topological polar surface area (TPSA) is 74.9 Å². The van der Waals surface area contributed by atoms with Crippen LogP contribution in [0.5, 0.6) is 11.5 Å². The van der Waals surface area contributed by atoms with Gasteiger partial charge in [0.05, 0.1) is 22.2 Å². The van der Waals surface area contributed by atoms with Crippen LogP contribution in [0.4, 0.5) is 0 Å². The van der Waals surface area contributed by atoms with Crippen molar-refractivity contribution in [2.24, 2.45) is 0 Å². The van der Waals surface area contributed by atoms with Crippen LogP contribution in [-0.4, -0.2) is 53.0 Å². The van der Waals surface area contributed by atoms with Crippen molar-refractivity contribution in [1.82, 2.24) is 14.8 Å². The van der Waals surface area contributed by atoms with Crippen molar-refractivity contribution in [1.29, 1.82) is 0 Å². The molecule has 0 saturated carbocycles. The van der Waals surface area contributed by atoms with E-state index >= 15 is 0 Å². The van der Waals surface area contributed by atoms with E-state index in [2.05, 4.69) is 4.98 Å². The number of carbonyl (C=O) groups excluding carboxylic acids is 2. The van der Waals surface area contributed by atoms with Crippen LogP contribution in [0, 0.1) is 0 Å². The minimum Gasteiger partial charge on any atom is -0.454 e. The molecule has 1 unspecified atom stereocenters. The van der Waals surface area contributed by atoms with Gasteiger partial charge in [0.2, 0.25) is 18.6 Å². The van der Waals surface area contributed by atoms with Crippen LogP contribution in [0.2, 0.25) is 0 Å². The number of para-hydroxylation sites is 1. The second-order valence-corrected chi connectivity index (χ2v) is 6.97. The van der Waals surface area contributed by atoms with Crippen molar-refractivity contribution in [3.05, 3.63) is 59.1 Å². The number of H-pyrrole nitrogens is 1. The molecule has 1 aromatic heterocycles. The number of nitrogens with one attached hydrogen (secondary N) is 1. The Morgan fingerprint density at radius 3 is 2.93 bits per heavy atom. The van der Waals surface area contributed by atoms with Gasteiger partial charge in [-0.25, -0.2) is 0 Å². The number of aromatic amines is 1. The minimum absolute atomic E-state index is 0.00618. The molecule has 0 spiro atoms. The summed E-state index contributed by atoms with van der Waals surface area (Å²) in [5.41, 5.74) is 0.158. The molecule has 1 N–H and O–H groups in total. The maximum Gasteiger partial charge on any atom is 0.245 e. The van der Waals surface area contributed by atoms with E-state index in [1.165, 1.54) is 0 Å². The number of benzene rings is 2. The molecule has 29 heavy (non-hydrogen) atoms. The first-order valence-corrected chi connectivity index (χ1v) is 8.88. The molecule has 1 saturated heterocycles. The van der Waals surface area contributed by atoms with Crippen LogP contribution < -0.4 is 9.47 Å². The van der Waals surface area contributed by atoms with Crippen LogP contribution in [-0.2, 0) is 16.0 Å². The Hall–Kier alpha value is -3.48. The number of rotatable bonds is 1. The quantitative estimate of drug-likeness (QED) is 0.681. The van der Waals surface area contributed by atoms with E-state index < -0.39 is 73.7 Å². The molecule has 3 aliphatic heterocycles. The van der Waals surface area contributed by atoms with E-state index in [1.807, 2.05) is 0 Å². The Kier molecular flexibility index (Phi) is 1.86. The highest BCUT2D eigenvalue weighted by molar-refractivity contribution is 5.97. The highest BCUT2D eigenvalue weighted by Crippen LogP contribution is 2.44. The Morgan fingerprint density at radius 2 is 2.03 bits per heavy atom. The van der Waals surface area contributed by atoms with Crippen LogP contribution >= 0.6 is 0 Å². The minimum atomic E-state index is -2.92. The molecule has 6 rings (SSSR count). The van der Waals surface area contributed by atoms with E-state index in [0.717, 1.165) is 4.90 Å². The molecule has 2 aromatic carbocycles. The highest BCUT2D eigenvalue weighted by Gasteiger charge is 2.47. The molecule has 1 fully saturated rings. The molecule has 0 aliphatic carbocycles. The number of likely N-dealkylation sites (N-methyl/N-ethyl adjacent to an activating group) is 1. The van der Waals surface area contributed by atoms with Crippen LogP contribution in [0.1, 0.15) is 36.6 Å². The molecular weight excluding hydrogens is 370 g/mol. The van der Waals surface area contributed by atoms with Gasteiger partial charge in [0.25, 0.3) is 0 Å². The van der Waals surface area contributed by atoms with E-state index in [-0.39, 0.29) is 58.5 Å². The van der Waals surface area contributed by atoms with Crippen molar-refractivity contribution in [2.45, 2.75) is 18.5 Å². The third-order valence-electron chi connectivity index (χ3n) is 5.44. The monoisotopic (exact) mass is 399 g/mol. The van der Waals surface area contributed by atoms with E-state index in [4.69, 9.17) is 23.2 Å². The second kappa shape index (κ2) is 5.76. The number of nitrogens with zero attached hydrogens (tertiary/aromatic N) is 2. The molecule has 3 aliphatic rings. The van der Waals surface area contributed by atoms with Gasteiger partial charge in [-0.3, -0.25) is 9.59 Å². The fourth-order valence-electron chi connectivity index (χ4n) is 4.19. The number of amides is 2. The summed E-state index contributed by atoms with van der Waals surface area (Å²) in [4.78, 5) is 31.6. The maximum atomic E-state index is 13.5. The maximum absolute atomic E-state index is 13.5. The summed E-state index contributed by atoms with van der Waals surface area (Å²) in [6, 6.07) is -5.94. The summed E-state index contributed by atoms with van der Waals surface area (Å²) in [5.74, 6) is -1.94. The lowest BCUT2D eigenvalue weighted by molar-refractivity contribution is -0.157. The molecule has 7 heteroatoms. The molecular formula is C22H19N3O4. The zero-order chi connectivity index (χ0) is 28.3. The summed E-state index contributed by atoms with van der Waals surface area (Å²) in [7, 11) is 0.